The van der Waals surface area contributed by atoms with Crippen LogP contribution in [0.4, 0.5) is 5.69 Å². The monoisotopic (exact) mass is 324 g/mol. The summed E-state index contributed by atoms with van der Waals surface area (Å²) in [4.78, 5) is 26.3. The summed E-state index contributed by atoms with van der Waals surface area (Å²) in [5.41, 5.74) is 3.65. The third kappa shape index (κ3) is 4.44. The molecule has 0 unspecified atom stereocenters. The van der Waals surface area contributed by atoms with Crippen molar-refractivity contribution in [1.82, 2.24) is 5.32 Å². The largest absolute Gasteiger partial charge is 0.352 e. The van der Waals surface area contributed by atoms with Crippen molar-refractivity contribution >= 4 is 17.5 Å². The Bertz CT molecular complexity index is 725. The third-order valence-corrected chi connectivity index (χ3v) is 3.93. The fraction of sp³-hybridized carbons (Fsp3) is 0.300. The standard InChI is InChI=1S/C20H24N2O2/c1-4-22(18-11-6-5-9-16(18)3)19(23)12-13-21-20(24)17-10-7-8-15(2)14-17/h5-11,14H,4,12-13H2,1-3H3,(H,21,24). The van der Waals surface area contributed by atoms with Crippen molar-refractivity contribution in [2.24, 2.45) is 0 Å². The number of hydrogen-bond donors (Lipinski definition) is 1. The van der Waals surface area contributed by atoms with Crippen molar-refractivity contribution in [1.29, 1.82) is 0 Å². The van der Waals surface area contributed by atoms with Gasteiger partial charge < -0.3 is 10.2 Å². The second-order valence-corrected chi connectivity index (χ2v) is 5.80. The van der Waals surface area contributed by atoms with E-state index in [2.05, 4.69) is 5.32 Å². The average Bonchev–Trinajstić information content (AvgIpc) is 2.57. The van der Waals surface area contributed by atoms with Crippen LogP contribution in [0.15, 0.2) is 48.5 Å². The smallest absolute Gasteiger partial charge is 0.251 e. The van der Waals surface area contributed by atoms with Gasteiger partial charge in [-0.25, -0.2) is 0 Å². The van der Waals surface area contributed by atoms with Gasteiger partial charge in [-0.3, -0.25) is 9.59 Å². The lowest BCUT2D eigenvalue weighted by atomic mass is 10.1. The highest BCUT2D eigenvalue weighted by Crippen LogP contribution is 2.19. The zero-order chi connectivity index (χ0) is 17.5. The normalized spacial score (nSPS) is 10.3. The Morgan fingerprint density at radius 3 is 2.46 bits per heavy atom. The first kappa shape index (κ1) is 17.7. The fourth-order valence-corrected chi connectivity index (χ4v) is 2.65. The van der Waals surface area contributed by atoms with Gasteiger partial charge in [-0.15, -0.1) is 0 Å². The minimum absolute atomic E-state index is 0.0105. The molecule has 24 heavy (non-hydrogen) atoms. The van der Waals surface area contributed by atoms with Gasteiger partial charge >= 0.3 is 0 Å². The Balaban J connectivity index is 1.92. The quantitative estimate of drug-likeness (QED) is 0.884. The van der Waals surface area contributed by atoms with E-state index in [0.29, 0.717) is 18.7 Å². The number of amides is 2. The van der Waals surface area contributed by atoms with Crippen LogP contribution in [0.2, 0.25) is 0 Å². The number of nitrogens with one attached hydrogen (secondary N) is 1. The predicted octanol–water partition coefficient (Wildman–Crippen LogP) is 3.48. The van der Waals surface area contributed by atoms with Gasteiger partial charge in [0.15, 0.2) is 0 Å². The molecule has 4 heteroatoms. The van der Waals surface area contributed by atoms with Crippen LogP contribution in [0.3, 0.4) is 0 Å². The van der Waals surface area contributed by atoms with Crippen molar-refractivity contribution in [3.05, 3.63) is 65.2 Å². The van der Waals surface area contributed by atoms with Crippen LogP contribution in [0, 0.1) is 13.8 Å². The van der Waals surface area contributed by atoms with Gasteiger partial charge in [0.25, 0.3) is 5.91 Å². The van der Waals surface area contributed by atoms with Crippen LogP contribution in [0.1, 0.15) is 34.8 Å². The Labute approximate surface area is 143 Å². The molecule has 1 N–H and O–H groups in total. The Morgan fingerprint density at radius 2 is 1.79 bits per heavy atom. The first-order chi connectivity index (χ1) is 11.5. The van der Waals surface area contributed by atoms with E-state index in [1.807, 2.05) is 63.2 Å². The molecular weight excluding hydrogens is 300 g/mol. The molecule has 0 bridgehead atoms. The number of carbonyl (C=O) groups excluding carboxylic acids is 2. The van der Waals surface area contributed by atoms with E-state index in [1.54, 1.807) is 11.0 Å². The Kier molecular flexibility index (Phi) is 6.13. The minimum Gasteiger partial charge on any atom is -0.352 e. The van der Waals surface area contributed by atoms with E-state index in [1.165, 1.54) is 0 Å². The molecule has 2 aromatic carbocycles. The number of aryl methyl sites for hydroxylation is 2. The topological polar surface area (TPSA) is 49.4 Å². The van der Waals surface area contributed by atoms with Crippen LogP contribution in [0.5, 0.6) is 0 Å². The molecule has 0 fully saturated rings. The lowest BCUT2D eigenvalue weighted by molar-refractivity contribution is -0.118. The van der Waals surface area contributed by atoms with Gasteiger partial charge in [0, 0.05) is 30.8 Å². The predicted molar refractivity (Wildman–Crippen MR) is 97.3 cm³/mol. The SMILES string of the molecule is CCN(C(=O)CCNC(=O)c1cccc(C)c1)c1ccccc1C. The summed E-state index contributed by atoms with van der Waals surface area (Å²) in [5, 5.41) is 2.82. The summed E-state index contributed by atoms with van der Waals surface area (Å²) in [6.07, 6.45) is 0.278. The second kappa shape index (κ2) is 8.29. The molecule has 0 spiro atoms. The van der Waals surface area contributed by atoms with Gasteiger partial charge in [0.2, 0.25) is 5.91 Å². The molecule has 2 rings (SSSR count). The first-order valence-corrected chi connectivity index (χ1v) is 8.23. The van der Waals surface area contributed by atoms with Crippen molar-refractivity contribution in [2.45, 2.75) is 27.2 Å². The molecule has 0 saturated carbocycles. The number of anilines is 1. The van der Waals surface area contributed by atoms with Gasteiger partial charge in [0.05, 0.1) is 0 Å². The molecule has 0 radical (unpaired) electrons. The molecule has 0 saturated heterocycles. The zero-order valence-electron chi connectivity index (χ0n) is 14.5. The molecule has 0 heterocycles. The highest BCUT2D eigenvalue weighted by molar-refractivity contribution is 5.96. The lowest BCUT2D eigenvalue weighted by Gasteiger charge is -2.23. The average molecular weight is 324 g/mol. The molecule has 2 amide bonds. The highest BCUT2D eigenvalue weighted by atomic mass is 16.2. The number of hydrogen-bond acceptors (Lipinski definition) is 2. The summed E-state index contributed by atoms with van der Waals surface area (Å²) < 4.78 is 0. The number of para-hydroxylation sites is 1. The Morgan fingerprint density at radius 1 is 1.04 bits per heavy atom. The van der Waals surface area contributed by atoms with Crippen molar-refractivity contribution < 1.29 is 9.59 Å². The van der Waals surface area contributed by atoms with Crippen molar-refractivity contribution in [2.75, 3.05) is 18.0 Å². The fourth-order valence-electron chi connectivity index (χ4n) is 2.65. The van der Waals surface area contributed by atoms with Gasteiger partial charge in [-0.05, 0) is 44.5 Å². The summed E-state index contributed by atoms with van der Waals surface area (Å²) >= 11 is 0. The molecule has 2 aromatic rings. The summed E-state index contributed by atoms with van der Waals surface area (Å²) in [5.74, 6) is -0.137. The van der Waals surface area contributed by atoms with E-state index in [9.17, 15) is 9.59 Å². The zero-order valence-corrected chi connectivity index (χ0v) is 14.5. The lowest BCUT2D eigenvalue weighted by Crippen LogP contribution is -2.34. The van der Waals surface area contributed by atoms with Crippen LogP contribution in [0.25, 0.3) is 0 Å². The second-order valence-electron chi connectivity index (χ2n) is 5.80. The van der Waals surface area contributed by atoms with Gasteiger partial charge in [-0.2, -0.15) is 0 Å². The van der Waals surface area contributed by atoms with E-state index in [4.69, 9.17) is 0 Å². The first-order valence-electron chi connectivity index (χ1n) is 8.23. The molecule has 0 aromatic heterocycles. The van der Waals surface area contributed by atoms with Gasteiger partial charge in [-0.1, -0.05) is 35.9 Å². The molecule has 0 aliphatic carbocycles. The molecule has 0 aliphatic rings. The van der Waals surface area contributed by atoms with E-state index < -0.39 is 0 Å². The maximum Gasteiger partial charge on any atom is 0.251 e. The van der Waals surface area contributed by atoms with Crippen LogP contribution < -0.4 is 10.2 Å². The van der Waals surface area contributed by atoms with Crippen molar-refractivity contribution in [3.63, 3.8) is 0 Å². The van der Waals surface area contributed by atoms with Crippen molar-refractivity contribution in [3.8, 4) is 0 Å². The molecule has 0 atom stereocenters. The van der Waals surface area contributed by atoms with Gasteiger partial charge in [0.1, 0.15) is 0 Å². The highest BCUT2D eigenvalue weighted by Gasteiger charge is 2.15. The summed E-state index contributed by atoms with van der Waals surface area (Å²) in [7, 11) is 0. The summed E-state index contributed by atoms with van der Waals surface area (Å²) in [6, 6.07) is 15.2. The third-order valence-electron chi connectivity index (χ3n) is 3.93. The number of rotatable bonds is 6. The Hall–Kier alpha value is -2.62. The van der Waals surface area contributed by atoms with E-state index >= 15 is 0 Å². The summed E-state index contributed by atoms with van der Waals surface area (Å²) in [6.45, 7) is 6.82. The van der Waals surface area contributed by atoms with Crippen LogP contribution in [-0.4, -0.2) is 24.9 Å². The molecule has 0 aliphatic heterocycles. The maximum atomic E-state index is 12.5. The number of nitrogens with zero attached hydrogens (tertiary/aromatic N) is 1. The van der Waals surface area contributed by atoms with Crippen LogP contribution >= 0.6 is 0 Å². The maximum absolute atomic E-state index is 12.5. The number of benzene rings is 2. The number of carbonyl (C=O) groups is 2. The minimum atomic E-state index is -0.148. The molecular formula is C20H24N2O2. The molecule has 126 valence electrons. The van der Waals surface area contributed by atoms with Crippen LogP contribution in [-0.2, 0) is 4.79 Å². The van der Waals surface area contributed by atoms with E-state index in [-0.39, 0.29) is 18.2 Å². The molecule has 4 nitrogen and oxygen atoms in total. The van der Waals surface area contributed by atoms with E-state index in [0.717, 1.165) is 16.8 Å².